The highest BCUT2D eigenvalue weighted by molar-refractivity contribution is 5.42. The first-order chi connectivity index (χ1) is 6.75. The zero-order chi connectivity index (χ0) is 10.4. The Morgan fingerprint density at radius 1 is 1.36 bits per heavy atom. The lowest BCUT2D eigenvalue weighted by Crippen LogP contribution is -2.31. The smallest absolute Gasteiger partial charge is 0.165 e. The van der Waals surface area contributed by atoms with Crippen LogP contribution in [0.25, 0.3) is 0 Å². The molecular weight excluding hydrogens is 184 g/mol. The Bertz CT molecular complexity index is 289. The summed E-state index contributed by atoms with van der Waals surface area (Å²) < 4.78 is 0. The summed E-state index contributed by atoms with van der Waals surface area (Å²) in [6.45, 7) is 0.171. The lowest BCUT2D eigenvalue weighted by Gasteiger charge is -2.12. The average Bonchev–Trinajstić information content (AvgIpc) is 2.19. The second-order valence-corrected chi connectivity index (χ2v) is 2.77. The van der Waals surface area contributed by atoms with Crippen LogP contribution in [0.2, 0.25) is 0 Å². The van der Waals surface area contributed by atoms with E-state index >= 15 is 0 Å². The highest BCUT2D eigenvalue weighted by atomic mass is 16.7. The highest BCUT2D eigenvalue weighted by Gasteiger charge is 2.15. The van der Waals surface area contributed by atoms with Gasteiger partial charge in [-0.25, -0.2) is 10.1 Å². The highest BCUT2D eigenvalue weighted by Crippen LogP contribution is 2.12. The van der Waals surface area contributed by atoms with Gasteiger partial charge in [-0.2, -0.15) is 0 Å². The van der Waals surface area contributed by atoms with Crippen LogP contribution >= 0.6 is 0 Å². The third kappa shape index (κ3) is 2.70. The third-order valence-electron chi connectivity index (χ3n) is 1.78. The number of nitro groups is 1. The molecule has 1 aromatic rings. The zero-order valence-corrected chi connectivity index (χ0v) is 7.67. The van der Waals surface area contributed by atoms with E-state index in [1.807, 2.05) is 0 Å². The molecule has 0 spiro atoms. The predicted molar refractivity (Wildman–Crippen MR) is 52.5 cm³/mol. The van der Waals surface area contributed by atoms with Crippen LogP contribution in [0.4, 0.5) is 5.69 Å². The Morgan fingerprint density at radius 2 is 2.00 bits per heavy atom. The maximum absolute atomic E-state index is 10.7. The molecule has 0 bridgehead atoms. The molecule has 0 heterocycles. The topological polar surface area (TPSA) is 66.6 Å². The number of aliphatic hydroxyl groups is 1. The largest absolute Gasteiger partial charge is 0.396 e. The molecule has 0 amide bonds. The number of hydrogen-bond acceptors (Lipinski definition) is 3. The summed E-state index contributed by atoms with van der Waals surface area (Å²) in [4.78, 5) is 10.7. The first-order valence-electron chi connectivity index (χ1n) is 4.33. The van der Waals surface area contributed by atoms with E-state index in [2.05, 4.69) is 0 Å². The van der Waals surface area contributed by atoms with Gasteiger partial charge in [-0.15, -0.1) is 0 Å². The van der Waals surface area contributed by atoms with Crippen molar-refractivity contribution >= 4 is 5.69 Å². The molecule has 1 aromatic carbocycles. The van der Waals surface area contributed by atoms with Crippen molar-refractivity contribution in [3.05, 3.63) is 40.4 Å². The molecular formula is C9H12N2O3. The van der Waals surface area contributed by atoms with Crippen LogP contribution in [-0.4, -0.2) is 23.3 Å². The van der Waals surface area contributed by atoms with Crippen molar-refractivity contribution in [2.75, 3.05) is 18.2 Å². The monoisotopic (exact) mass is 196 g/mol. The van der Waals surface area contributed by atoms with Crippen molar-refractivity contribution in [1.29, 1.82) is 0 Å². The summed E-state index contributed by atoms with van der Waals surface area (Å²) in [6.07, 6.45) is 0.385. The van der Waals surface area contributed by atoms with Gasteiger partial charge in [0.1, 0.15) is 5.69 Å². The third-order valence-corrected chi connectivity index (χ3v) is 1.78. The van der Waals surface area contributed by atoms with Crippen molar-refractivity contribution in [3.8, 4) is 0 Å². The molecule has 14 heavy (non-hydrogen) atoms. The van der Waals surface area contributed by atoms with Crippen molar-refractivity contribution in [3.63, 3.8) is 0 Å². The molecule has 0 aliphatic carbocycles. The zero-order valence-electron chi connectivity index (χ0n) is 7.67. The fourth-order valence-electron chi connectivity index (χ4n) is 1.13. The number of rotatable bonds is 5. The number of hydrazine groups is 1. The Morgan fingerprint density at radius 3 is 2.50 bits per heavy atom. The van der Waals surface area contributed by atoms with Gasteiger partial charge in [-0.1, -0.05) is 23.2 Å². The van der Waals surface area contributed by atoms with E-state index in [1.54, 1.807) is 30.3 Å². The summed E-state index contributed by atoms with van der Waals surface area (Å²) in [5.41, 5.74) is 0.533. The normalized spacial score (nSPS) is 9.79. The van der Waals surface area contributed by atoms with Gasteiger partial charge in [0.15, 0.2) is 5.03 Å². The summed E-state index contributed by atoms with van der Waals surface area (Å²) in [5, 5.41) is 19.8. The molecule has 76 valence electrons. The SMILES string of the molecule is O=[N+]([O-])N(CCCO)c1ccccc1. The van der Waals surface area contributed by atoms with Crippen LogP contribution in [0, 0.1) is 10.1 Å². The van der Waals surface area contributed by atoms with Gasteiger partial charge in [0.25, 0.3) is 0 Å². The maximum Gasteiger partial charge on any atom is 0.165 e. The van der Waals surface area contributed by atoms with Gasteiger partial charge in [0, 0.05) is 6.61 Å². The van der Waals surface area contributed by atoms with Crippen LogP contribution in [0.15, 0.2) is 30.3 Å². The van der Waals surface area contributed by atoms with E-state index in [0.29, 0.717) is 12.1 Å². The Kier molecular flexibility index (Phi) is 3.87. The van der Waals surface area contributed by atoms with E-state index in [1.165, 1.54) is 0 Å². The van der Waals surface area contributed by atoms with E-state index in [4.69, 9.17) is 5.11 Å². The molecule has 1 N–H and O–H groups in total. The quantitative estimate of drug-likeness (QED) is 0.565. The molecule has 0 atom stereocenters. The molecule has 0 aliphatic rings. The Labute approximate surface area is 81.7 Å². The maximum atomic E-state index is 10.7. The van der Waals surface area contributed by atoms with E-state index in [0.717, 1.165) is 5.01 Å². The summed E-state index contributed by atoms with van der Waals surface area (Å²) in [7, 11) is 0. The lowest BCUT2D eigenvalue weighted by atomic mass is 10.3. The van der Waals surface area contributed by atoms with E-state index < -0.39 is 5.03 Å². The number of benzene rings is 1. The van der Waals surface area contributed by atoms with Gasteiger partial charge in [0.2, 0.25) is 0 Å². The second-order valence-electron chi connectivity index (χ2n) is 2.77. The Balaban J connectivity index is 2.73. The van der Waals surface area contributed by atoms with Crippen molar-refractivity contribution < 1.29 is 10.1 Å². The van der Waals surface area contributed by atoms with Crippen LogP contribution in [0.3, 0.4) is 0 Å². The van der Waals surface area contributed by atoms with Crippen LogP contribution in [-0.2, 0) is 0 Å². The van der Waals surface area contributed by atoms with E-state index in [9.17, 15) is 10.1 Å². The second kappa shape index (κ2) is 5.18. The van der Waals surface area contributed by atoms with E-state index in [-0.39, 0.29) is 13.2 Å². The molecule has 0 aromatic heterocycles. The van der Waals surface area contributed by atoms with Gasteiger partial charge in [-0.3, -0.25) is 0 Å². The van der Waals surface area contributed by atoms with Crippen LogP contribution in [0.5, 0.6) is 0 Å². The number of aliphatic hydroxyl groups excluding tert-OH is 1. The van der Waals surface area contributed by atoms with Crippen LogP contribution < -0.4 is 5.01 Å². The summed E-state index contributed by atoms with van der Waals surface area (Å²) >= 11 is 0. The minimum absolute atomic E-state index is 0.0445. The molecule has 5 nitrogen and oxygen atoms in total. The van der Waals surface area contributed by atoms with Gasteiger partial charge in [-0.05, 0) is 18.6 Å². The lowest BCUT2D eigenvalue weighted by molar-refractivity contribution is -0.494. The molecule has 0 fully saturated rings. The molecule has 0 unspecified atom stereocenters. The predicted octanol–water partition coefficient (Wildman–Crippen LogP) is 1.07. The van der Waals surface area contributed by atoms with Crippen molar-refractivity contribution in [2.45, 2.75) is 6.42 Å². The minimum Gasteiger partial charge on any atom is -0.396 e. The Hall–Kier alpha value is -1.62. The summed E-state index contributed by atoms with van der Waals surface area (Å²) in [5.74, 6) is 0. The minimum atomic E-state index is -0.467. The molecule has 5 heteroatoms. The van der Waals surface area contributed by atoms with Gasteiger partial charge >= 0.3 is 0 Å². The first kappa shape index (κ1) is 10.5. The first-order valence-corrected chi connectivity index (χ1v) is 4.33. The number of anilines is 1. The van der Waals surface area contributed by atoms with Crippen molar-refractivity contribution in [2.24, 2.45) is 0 Å². The fourth-order valence-corrected chi connectivity index (χ4v) is 1.13. The number of para-hydroxylation sites is 1. The molecule has 0 aliphatic heterocycles. The van der Waals surface area contributed by atoms with Crippen molar-refractivity contribution in [1.82, 2.24) is 0 Å². The average molecular weight is 196 g/mol. The number of nitrogens with zero attached hydrogens (tertiary/aromatic N) is 2. The van der Waals surface area contributed by atoms with Gasteiger partial charge < -0.3 is 5.11 Å². The fraction of sp³-hybridized carbons (Fsp3) is 0.333. The number of hydrogen-bond donors (Lipinski definition) is 1. The van der Waals surface area contributed by atoms with Crippen LogP contribution in [0.1, 0.15) is 6.42 Å². The summed E-state index contributed by atoms with van der Waals surface area (Å²) in [6, 6.07) is 8.61. The standard InChI is InChI=1S/C9H12N2O3/c12-8-4-7-10(11(13)14)9-5-2-1-3-6-9/h1-3,5-6,12H,4,7-8H2. The molecule has 1 rings (SSSR count). The molecule has 0 radical (unpaired) electrons. The molecule has 0 saturated heterocycles. The van der Waals surface area contributed by atoms with Gasteiger partial charge in [0.05, 0.1) is 6.54 Å². The molecule has 0 saturated carbocycles.